The average Bonchev–Trinajstić information content (AvgIpc) is 3.17. The zero-order valence-corrected chi connectivity index (χ0v) is 18.7. The van der Waals surface area contributed by atoms with Crippen molar-refractivity contribution in [2.45, 2.75) is 24.0 Å². The van der Waals surface area contributed by atoms with Gasteiger partial charge < -0.3 is 10.6 Å². The van der Waals surface area contributed by atoms with Crippen LogP contribution in [-0.4, -0.2) is 22.0 Å². The fraction of sp³-hybridized carbons (Fsp3) is 0.125. The minimum absolute atomic E-state index is 0.0963. The number of hydrogen-bond acceptors (Lipinski definition) is 5. The number of thioether (sulfide) groups is 1. The molecule has 4 rings (SSSR count). The molecule has 156 valence electrons. The van der Waals surface area contributed by atoms with Crippen molar-refractivity contribution in [1.82, 2.24) is 4.98 Å². The lowest BCUT2D eigenvalue weighted by Crippen LogP contribution is -2.22. The first-order valence-electron chi connectivity index (χ1n) is 9.80. The molecule has 7 heteroatoms. The maximum Gasteiger partial charge on any atom is 0.255 e. The zero-order valence-electron chi connectivity index (χ0n) is 17.1. The number of aromatic nitrogens is 1. The Labute approximate surface area is 188 Å². The Morgan fingerprint density at radius 3 is 2.39 bits per heavy atom. The lowest BCUT2D eigenvalue weighted by molar-refractivity contribution is -0.115. The van der Waals surface area contributed by atoms with Crippen LogP contribution in [0.2, 0.25) is 0 Å². The number of benzene rings is 3. The van der Waals surface area contributed by atoms with Crippen molar-refractivity contribution in [3.05, 3.63) is 83.9 Å². The molecule has 0 aliphatic rings. The van der Waals surface area contributed by atoms with Crippen LogP contribution in [0.15, 0.2) is 77.7 Å². The molecule has 31 heavy (non-hydrogen) atoms. The Balaban J connectivity index is 1.35. The molecule has 1 atom stereocenters. The standard InChI is InChI=1S/C24H21N3O2S2/c1-15-7-3-4-8-19(15)23(29)25-17-11-13-18(14-12-17)30-16(2)22(28)27-24-26-20-9-5-6-10-21(20)31-24/h3-14,16H,1-2H3,(H,25,29)(H,26,27,28). The second kappa shape index (κ2) is 9.32. The van der Waals surface area contributed by atoms with Crippen LogP contribution in [-0.2, 0) is 4.79 Å². The molecule has 1 heterocycles. The predicted molar refractivity (Wildman–Crippen MR) is 129 cm³/mol. The molecule has 0 aliphatic carbocycles. The molecule has 0 saturated carbocycles. The number of hydrogen-bond donors (Lipinski definition) is 2. The molecular weight excluding hydrogens is 426 g/mol. The number of nitrogens with one attached hydrogen (secondary N) is 2. The number of anilines is 2. The highest BCUT2D eigenvalue weighted by atomic mass is 32.2. The second-order valence-electron chi connectivity index (χ2n) is 7.03. The number of fused-ring (bicyclic) bond motifs is 1. The van der Waals surface area contributed by atoms with E-state index in [0.29, 0.717) is 16.4 Å². The van der Waals surface area contributed by atoms with Gasteiger partial charge in [0.15, 0.2) is 5.13 Å². The number of rotatable bonds is 6. The van der Waals surface area contributed by atoms with Gasteiger partial charge in [0.05, 0.1) is 15.5 Å². The van der Waals surface area contributed by atoms with Crippen molar-refractivity contribution >= 4 is 55.9 Å². The van der Waals surface area contributed by atoms with Crippen molar-refractivity contribution in [2.24, 2.45) is 0 Å². The highest BCUT2D eigenvalue weighted by Gasteiger charge is 2.17. The smallest absolute Gasteiger partial charge is 0.255 e. The third-order valence-electron chi connectivity index (χ3n) is 4.71. The molecule has 0 fully saturated rings. The molecule has 1 aromatic heterocycles. The highest BCUT2D eigenvalue weighted by molar-refractivity contribution is 8.00. The average molecular weight is 448 g/mol. The maximum absolute atomic E-state index is 12.6. The van der Waals surface area contributed by atoms with Crippen LogP contribution in [0.5, 0.6) is 0 Å². The Bertz CT molecular complexity index is 1200. The summed E-state index contributed by atoms with van der Waals surface area (Å²) in [5.41, 5.74) is 3.18. The van der Waals surface area contributed by atoms with E-state index in [2.05, 4.69) is 15.6 Å². The van der Waals surface area contributed by atoms with Gasteiger partial charge in [0.1, 0.15) is 0 Å². The van der Waals surface area contributed by atoms with Crippen LogP contribution in [0.25, 0.3) is 10.2 Å². The summed E-state index contributed by atoms with van der Waals surface area (Å²) in [6.45, 7) is 3.77. The molecular formula is C24H21N3O2S2. The van der Waals surface area contributed by atoms with E-state index in [1.54, 1.807) is 6.07 Å². The molecule has 5 nitrogen and oxygen atoms in total. The van der Waals surface area contributed by atoms with E-state index < -0.39 is 0 Å². The van der Waals surface area contributed by atoms with Gasteiger partial charge in [0.25, 0.3) is 5.91 Å². The van der Waals surface area contributed by atoms with Crippen LogP contribution in [0, 0.1) is 6.92 Å². The lowest BCUT2D eigenvalue weighted by atomic mass is 10.1. The van der Waals surface area contributed by atoms with Crippen molar-refractivity contribution in [2.75, 3.05) is 10.6 Å². The highest BCUT2D eigenvalue weighted by Crippen LogP contribution is 2.28. The summed E-state index contributed by atoms with van der Waals surface area (Å²) in [5, 5.41) is 6.13. The molecule has 2 N–H and O–H groups in total. The van der Waals surface area contributed by atoms with E-state index >= 15 is 0 Å². The van der Waals surface area contributed by atoms with Gasteiger partial charge in [0.2, 0.25) is 5.91 Å². The first-order valence-corrected chi connectivity index (χ1v) is 11.5. The molecule has 4 aromatic rings. The van der Waals surface area contributed by atoms with E-state index in [1.807, 2.05) is 80.6 Å². The van der Waals surface area contributed by atoms with Crippen LogP contribution in [0.1, 0.15) is 22.8 Å². The fourth-order valence-electron chi connectivity index (χ4n) is 3.03. The Kier molecular flexibility index (Phi) is 6.34. The zero-order chi connectivity index (χ0) is 21.8. The SMILES string of the molecule is Cc1ccccc1C(=O)Nc1ccc(SC(C)C(=O)Nc2nc3ccccc3s2)cc1. The first-order chi connectivity index (χ1) is 15.0. The Morgan fingerprint density at radius 2 is 1.65 bits per heavy atom. The van der Waals surface area contributed by atoms with Gasteiger partial charge in [-0.2, -0.15) is 0 Å². The number of carbonyl (C=O) groups excluding carboxylic acids is 2. The van der Waals surface area contributed by atoms with Gasteiger partial charge in [-0.1, -0.05) is 41.7 Å². The number of carbonyl (C=O) groups is 2. The van der Waals surface area contributed by atoms with Gasteiger partial charge in [-0.15, -0.1) is 11.8 Å². The summed E-state index contributed by atoms with van der Waals surface area (Å²) in [7, 11) is 0. The monoisotopic (exact) mass is 447 g/mol. The number of thiazole rings is 1. The number of nitrogens with zero attached hydrogens (tertiary/aromatic N) is 1. The molecule has 0 saturated heterocycles. The summed E-state index contributed by atoms with van der Waals surface area (Å²) in [6, 6.07) is 22.8. The minimum Gasteiger partial charge on any atom is -0.322 e. The Hall–Kier alpha value is -3.16. The van der Waals surface area contributed by atoms with Crippen molar-refractivity contribution in [3.8, 4) is 0 Å². The van der Waals surface area contributed by atoms with Gasteiger partial charge in [-0.25, -0.2) is 4.98 Å². The number of aryl methyl sites for hydroxylation is 1. The summed E-state index contributed by atoms with van der Waals surface area (Å²) in [5.74, 6) is -0.233. The summed E-state index contributed by atoms with van der Waals surface area (Å²) in [4.78, 5) is 30.4. The minimum atomic E-state index is -0.292. The molecule has 1 unspecified atom stereocenters. The fourth-order valence-corrected chi connectivity index (χ4v) is 4.77. The summed E-state index contributed by atoms with van der Waals surface area (Å²) < 4.78 is 1.04. The molecule has 3 aromatic carbocycles. The topological polar surface area (TPSA) is 71.1 Å². The summed E-state index contributed by atoms with van der Waals surface area (Å²) in [6.07, 6.45) is 0. The third-order valence-corrected chi connectivity index (χ3v) is 6.77. The van der Waals surface area contributed by atoms with E-state index in [4.69, 9.17) is 0 Å². The quantitative estimate of drug-likeness (QED) is 0.357. The van der Waals surface area contributed by atoms with Crippen LogP contribution >= 0.6 is 23.1 Å². The largest absolute Gasteiger partial charge is 0.322 e. The molecule has 0 bridgehead atoms. The molecule has 0 aliphatic heterocycles. The number of amides is 2. The molecule has 0 radical (unpaired) electrons. The van der Waals surface area contributed by atoms with Crippen molar-refractivity contribution < 1.29 is 9.59 Å². The van der Waals surface area contributed by atoms with Gasteiger partial charge in [0, 0.05) is 16.1 Å². The predicted octanol–water partition coefficient (Wildman–Crippen LogP) is 5.98. The van der Waals surface area contributed by atoms with E-state index in [-0.39, 0.29) is 17.1 Å². The van der Waals surface area contributed by atoms with Gasteiger partial charge >= 0.3 is 0 Å². The Morgan fingerprint density at radius 1 is 0.935 bits per heavy atom. The van der Waals surface area contributed by atoms with Gasteiger partial charge in [-0.3, -0.25) is 9.59 Å². The van der Waals surface area contributed by atoms with E-state index in [1.165, 1.54) is 23.1 Å². The number of para-hydroxylation sites is 1. The first kappa shape index (κ1) is 21.1. The van der Waals surface area contributed by atoms with Crippen molar-refractivity contribution in [3.63, 3.8) is 0 Å². The molecule has 0 spiro atoms. The normalized spacial score (nSPS) is 11.8. The van der Waals surface area contributed by atoms with Crippen LogP contribution in [0.4, 0.5) is 10.8 Å². The van der Waals surface area contributed by atoms with Crippen LogP contribution in [0.3, 0.4) is 0 Å². The van der Waals surface area contributed by atoms with Crippen molar-refractivity contribution in [1.29, 1.82) is 0 Å². The molecule has 2 amide bonds. The van der Waals surface area contributed by atoms with Crippen LogP contribution < -0.4 is 10.6 Å². The lowest BCUT2D eigenvalue weighted by Gasteiger charge is -2.11. The third kappa shape index (κ3) is 5.13. The van der Waals surface area contributed by atoms with E-state index in [0.717, 1.165) is 20.7 Å². The summed E-state index contributed by atoms with van der Waals surface area (Å²) >= 11 is 2.92. The van der Waals surface area contributed by atoms with E-state index in [9.17, 15) is 9.59 Å². The maximum atomic E-state index is 12.6. The van der Waals surface area contributed by atoms with Gasteiger partial charge in [-0.05, 0) is 61.9 Å². The second-order valence-corrected chi connectivity index (χ2v) is 9.47.